The average Bonchev–Trinajstić information content (AvgIpc) is 2.96. The normalized spacial score (nSPS) is 27.3. The SMILES string of the molecule is O=C1OCC2CN(Cc3cnn(C4CCC4)c3)CCN12. The Bertz CT molecular complexity index is 511. The van der Waals surface area contributed by atoms with Crippen LogP contribution < -0.4 is 0 Å². The molecule has 1 amide bonds. The van der Waals surface area contributed by atoms with Gasteiger partial charge >= 0.3 is 6.09 Å². The summed E-state index contributed by atoms with van der Waals surface area (Å²) >= 11 is 0. The first-order valence-corrected chi connectivity index (χ1v) is 7.48. The molecular weight excluding hydrogens is 256 g/mol. The van der Waals surface area contributed by atoms with Gasteiger partial charge < -0.3 is 4.74 Å². The topological polar surface area (TPSA) is 50.6 Å². The lowest BCUT2D eigenvalue weighted by atomic mass is 9.93. The Morgan fingerprint density at radius 3 is 3.00 bits per heavy atom. The zero-order valence-electron chi connectivity index (χ0n) is 11.6. The largest absolute Gasteiger partial charge is 0.447 e. The number of nitrogens with zero attached hydrogens (tertiary/aromatic N) is 4. The van der Waals surface area contributed by atoms with E-state index in [2.05, 4.69) is 20.9 Å². The first-order chi connectivity index (χ1) is 9.79. The Labute approximate surface area is 118 Å². The Morgan fingerprint density at radius 2 is 2.20 bits per heavy atom. The molecule has 4 rings (SSSR count). The minimum absolute atomic E-state index is 0.146. The Morgan fingerprint density at radius 1 is 1.30 bits per heavy atom. The van der Waals surface area contributed by atoms with E-state index in [-0.39, 0.29) is 12.1 Å². The molecule has 1 aliphatic carbocycles. The lowest BCUT2D eigenvalue weighted by molar-refractivity contribution is 0.115. The first kappa shape index (κ1) is 12.2. The monoisotopic (exact) mass is 276 g/mol. The Balaban J connectivity index is 1.37. The minimum Gasteiger partial charge on any atom is -0.447 e. The molecule has 20 heavy (non-hydrogen) atoms. The maximum atomic E-state index is 11.5. The smallest absolute Gasteiger partial charge is 0.410 e. The highest BCUT2D eigenvalue weighted by atomic mass is 16.6. The summed E-state index contributed by atoms with van der Waals surface area (Å²) in [6, 6.07) is 0.861. The van der Waals surface area contributed by atoms with Crippen LogP contribution >= 0.6 is 0 Å². The molecule has 6 heteroatoms. The fourth-order valence-corrected chi connectivity index (χ4v) is 3.26. The molecule has 1 atom stereocenters. The third kappa shape index (κ3) is 2.08. The summed E-state index contributed by atoms with van der Waals surface area (Å²) in [6.07, 6.45) is 7.89. The molecule has 0 N–H and O–H groups in total. The van der Waals surface area contributed by atoms with Crippen molar-refractivity contribution in [1.29, 1.82) is 0 Å². The van der Waals surface area contributed by atoms with Crippen molar-refractivity contribution in [3.05, 3.63) is 18.0 Å². The van der Waals surface area contributed by atoms with Gasteiger partial charge in [-0.15, -0.1) is 0 Å². The van der Waals surface area contributed by atoms with Gasteiger partial charge in [-0.1, -0.05) is 0 Å². The van der Waals surface area contributed by atoms with Crippen LogP contribution in [-0.4, -0.2) is 58.0 Å². The molecule has 0 aromatic carbocycles. The van der Waals surface area contributed by atoms with Crippen LogP contribution in [0.3, 0.4) is 0 Å². The van der Waals surface area contributed by atoms with Crippen LogP contribution in [-0.2, 0) is 11.3 Å². The van der Waals surface area contributed by atoms with Gasteiger partial charge in [0.1, 0.15) is 6.61 Å². The summed E-state index contributed by atoms with van der Waals surface area (Å²) in [4.78, 5) is 15.7. The van der Waals surface area contributed by atoms with Crippen molar-refractivity contribution < 1.29 is 9.53 Å². The third-order valence-corrected chi connectivity index (χ3v) is 4.71. The first-order valence-electron chi connectivity index (χ1n) is 7.48. The molecule has 2 saturated heterocycles. The summed E-state index contributed by atoms with van der Waals surface area (Å²) in [5.74, 6) is 0. The van der Waals surface area contributed by atoms with Crippen molar-refractivity contribution in [2.45, 2.75) is 37.9 Å². The molecule has 6 nitrogen and oxygen atoms in total. The second kappa shape index (κ2) is 4.77. The molecule has 1 aromatic rings. The van der Waals surface area contributed by atoms with Crippen LogP contribution in [0, 0.1) is 0 Å². The average molecular weight is 276 g/mol. The number of hydrogen-bond donors (Lipinski definition) is 0. The minimum atomic E-state index is -0.146. The maximum absolute atomic E-state index is 11.5. The van der Waals surface area contributed by atoms with Crippen molar-refractivity contribution in [2.24, 2.45) is 0 Å². The van der Waals surface area contributed by atoms with Gasteiger partial charge in [-0.25, -0.2) is 4.79 Å². The number of fused-ring (bicyclic) bond motifs is 1. The van der Waals surface area contributed by atoms with Gasteiger partial charge in [0.15, 0.2) is 0 Å². The lowest BCUT2D eigenvalue weighted by Gasteiger charge is -2.35. The van der Waals surface area contributed by atoms with Gasteiger partial charge in [0, 0.05) is 37.9 Å². The molecule has 108 valence electrons. The van der Waals surface area contributed by atoms with E-state index in [0.717, 1.165) is 26.2 Å². The fourth-order valence-electron chi connectivity index (χ4n) is 3.26. The van der Waals surface area contributed by atoms with Gasteiger partial charge in [0.2, 0.25) is 0 Å². The summed E-state index contributed by atoms with van der Waals surface area (Å²) in [7, 11) is 0. The molecule has 0 radical (unpaired) electrons. The third-order valence-electron chi connectivity index (χ3n) is 4.71. The van der Waals surface area contributed by atoms with Crippen molar-refractivity contribution in [3.63, 3.8) is 0 Å². The maximum Gasteiger partial charge on any atom is 0.410 e. The zero-order valence-corrected chi connectivity index (χ0v) is 11.6. The predicted molar refractivity (Wildman–Crippen MR) is 72.2 cm³/mol. The standard InChI is InChI=1S/C14H20N4O2/c19-14-17-5-4-16(9-13(17)10-20-14)7-11-6-15-18(8-11)12-2-1-3-12/h6,8,12-13H,1-5,7,9-10H2. The van der Waals surface area contributed by atoms with Crippen LogP contribution in [0.1, 0.15) is 30.9 Å². The highest BCUT2D eigenvalue weighted by molar-refractivity contribution is 5.70. The molecule has 3 aliphatic rings. The van der Waals surface area contributed by atoms with Gasteiger partial charge in [0.05, 0.1) is 18.3 Å². The zero-order chi connectivity index (χ0) is 13.5. The van der Waals surface area contributed by atoms with Crippen molar-refractivity contribution in [3.8, 4) is 0 Å². The van der Waals surface area contributed by atoms with E-state index in [0.29, 0.717) is 12.6 Å². The van der Waals surface area contributed by atoms with Crippen LogP contribution in [0.15, 0.2) is 12.4 Å². The molecule has 3 fully saturated rings. The molecule has 1 saturated carbocycles. The lowest BCUT2D eigenvalue weighted by Crippen LogP contribution is -2.51. The molecule has 2 aliphatic heterocycles. The van der Waals surface area contributed by atoms with Gasteiger partial charge in [-0.05, 0) is 19.3 Å². The number of aromatic nitrogens is 2. The second-order valence-electron chi connectivity index (χ2n) is 6.07. The Kier molecular flexibility index (Phi) is 2.91. The van der Waals surface area contributed by atoms with Gasteiger partial charge in [-0.2, -0.15) is 5.10 Å². The van der Waals surface area contributed by atoms with Crippen molar-refractivity contribution in [1.82, 2.24) is 19.6 Å². The quantitative estimate of drug-likeness (QED) is 0.833. The molecule has 1 aromatic heterocycles. The molecular formula is C14H20N4O2. The number of rotatable bonds is 3. The van der Waals surface area contributed by atoms with Crippen LogP contribution in [0.4, 0.5) is 4.79 Å². The number of amides is 1. The van der Waals surface area contributed by atoms with Crippen LogP contribution in [0.25, 0.3) is 0 Å². The van der Waals surface area contributed by atoms with E-state index < -0.39 is 0 Å². The summed E-state index contributed by atoms with van der Waals surface area (Å²) < 4.78 is 7.22. The highest BCUT2D eigenvalue weighted by Crippen LogP contribution is 2.31. The second-order valence-corrected chi connectivity index (χ2v) is 6.07. The molecule has 1 unspecified atom stereocenters. The number of carbonyl (C=O) groups is 1. The van der Waals surface area contributed by atoms with E-state index in [1.807, 2.05) is 11.1 Å². The predicted octanol–water partition coefficient (Wildman–Crippen LogP) is 1.24. The summed E-state index contributed by atoms with van der Waals surface area (Å²) in [5, 5.41) is 4.48. The highest BCUT2D eigenvalue weighted by Gasteiger charge is 2.37. The Hall–Kier alpha value is -1.56. The molecule has 3 heterocycles. The van der Waals surface area contributed by atoms with Crippen molar-refractivity contribution >= 4 is 6.09 Å². The number of carbonyl (C=O) groups excluding carboxylic acids is 1. The number of piperazine rings is 1. The molecule has 0 spiro atoms. The van der Waals surface area contributed by atoms with E-state index in [9.17, 15) is 4.79 Å². The fraction of sp³-hybridized carbons (Fsp3) is 0.714. The number of cyclic esters (lactones) is 1. The molecule has 0 bridgehead atoms. The number of ether oxygens (including phenoxy) is 1. The van der Waals surface area contributed by atoms with E-state index in [1.165, 1.54) is 24.8 Å². The van der Waals surface area contributed by atoms with E-state index in [4.69, 9.17) is 4.74 Å². The number of hydrogen-bond acceptors (Lipinski definition) is 4. The van der Waals surface area contributed by atoms with Crippen LogP contribution in [0.5, 0.6) is 0 Å². The summed E-state index contributed by atoms with van der Waals surface area (Å²) in [6.45, 7) is 4.06. The summed E-state index contributed by atoms with van der Waals surface area (Å²) in [5.41, 5.74) is 1.27. The van der Waals surface area contributed by atoms with Crippen molar-refractivity contribution in [2.75, 3.05) is 26.2 Å². The van der Waals surface area contributed by atoms with Crippen LogP contribution in [0.2, 0.25) is 0 Å². The van der Waals surface area contributed by atoms with E-state index >= 15 is 0 Å². The van der Waals surface area contributed by atoms with Gasteiger partial charge in [0.25, 0.3) is 0 Å². The van der Waals surface area contributed by atoms with E-state index in [1.54, 1.807) is 0 Å². The van der Waals surface area contributed by atoms with Gasteiger partial charge in [-0.3, -0.25) is 14.5 Å².